The fourth-order valence-corrected chi connectivity index (χ4v) is 1.38. The molecule has 0 atom stereocenters. The highest BCUT2D eigenvalue weighted by Gasteiger charge is 2.04. The second kappa shape index (κ2) is 6.08. The fraction of sp³-hybridized carbons (Fsp3) is 0.333. The van der Waals surface area contributed by atoms with Crippen molar-refractivity contribution in [2.75, 3.05) is 14.2 Å². The molecule has 4 heteroatoms. The Bertz CT molecular complexity index is 266. The Hall–Kier alpha value is -0.440. The van der Waals surface area contributed by atoms with Crippen LogP contribution in [0.25, 0.3) is 0 Å². The topological polar surface area (TPSA) is 21.3 Å². The molecule has 2 nitrogen and oxygen atoms in total. The molecule has 0 radical (unpaired) electrons. The van der Waals surface area contributed by atoms with E-state index in [1.54, 1.807) is 7.11 Å². The van der Waals surface area contributed by atoms with Crippen LogP contribution in [0.3, 0.4) is 0 Å². The average molecular weight is 222 g/mol. The summed E-state index contributed by atoms with van der Waals surface area (Å²) in [5.74, 6) is 0.758. The summed E-state index contributed by atoms with van der Waals surface area (Å²) < 4.78 is 5.16. The predicted octanol–water partition coefficient (Wildman–Crippen LogP) is 2.49. The summed E-state index contributed by atoms with van der Waals surface area (Å²) in [4.78, 5) is 0. The molecule has 0 aliphatic carbocycles. The molecule has 0 fully saturated rings. The molecule has 1 aromatic rings. The first-order valence-corrected chi connectivity index (χ1v) is 4.13. The van der Waals surface area contributed by atoms with Gasteiger partial charge in [-0.2, -0.15) is 0 Å². The van der Waals surface area contributed by atoms with E-state index in [9.17, 15) is 0 Å². The van der Waals surface area contributed by atoms with Gasteiger partial charge in [-0.05, 0) is 13.1 Å². The van der Waals surface area contributed by atoms with Gasteiger partial charge in [-0.25, -0.2) is 0 Å². The van der Waals surface area contributed by atoms with Gasteiger partial charge >= 0.3 is 0 Å². The normalized spacial score (nSPS) is 9.15. The molecule has 1 N–H and O–H groups in total. The van der Waals surface area contributed by atoms with Crippen LogP contribution in [0, 0.1) is 0 Å². The van der Waals surface area contributed by atoms with Crippen molar-refractivity contribution in [1.82, 2.24) is 5.32 Å². The second-order valence-corrected chi connectivity index (χ2v) is 2.87. The van der Waals surface area contributed by atoms with Crippen LogP contribution in [-0.2, 0) is 6.54 Å². The second-order valence-electron chi connectivity index (χ2n) is 2.46. The molecule has 0 saturated carbocycles. The third kappa shape index (κ3) is 3.07. The molecule has 0 aliphatic heterocycles. The quantitative estimate of drug-likeness (QED) is 0.848. The first-order chi connectivity index (χ1) is 5.79. The Morgan fingerprint density at radius 1 is 1.46 bits per heavy atom. The lowest BCUT2D eigenvalue weighted by atomic mass is 10.2. The van der Waals surface area contributed by atoms with Crippen molar-refractivity contribution in [3.63, 3.8) is 0 Å². The highest BCUT2D eigenvalue weighted by atomic mass is 35.5. The molecule has 1 aromatic carbocycles. The van der Waals surface area contributed by atoms with Gasteiger partial charge in [0.2, 0.25) is 0 Å². The van der Waals surface area contributed by atoms with Crippen molar-refractivity contribution in [3.05, 3.63) is 28.8 Å². The number of benzene rings is 1. The lowest BCUT2D eigenvalue weighted by Gasteiger charge is -2.08. The van der Waals surface area contributed by atoms with Crippen molar-refractivity contribution < 1.29 is 4.74 Å². The van der Waals surface area contributed by atoms with Gasteiger partial charge < -0.3 is 10.1 Å². The number of hydrogen-bond acceptors (Lipinski definition) is 2. The van der Waals surface area contributed by atoms with Gasteiger partial charge in [0.25, 0.3) is 0 Å². The smallest absolute Gasteiger partial charge is 0.141 e. The van der Waals surface area contributed by atoms with E-state index in [4.69, 9.17) is 16.3 Å². The number of rotatable bonds is 3. The number of ether oxygens (including phenoxy) is 1. The molecular weight excluding hydrogens is 209 g/mol. The van der Waals surface area contributed by atoms with Crippen LogP contribution in [0.4, 0.5) is 0 Å². The summed E-state index contributed by atoms with van der Waals surface area (Å²) in [7, 11) is 3.51. The molecule has 0 aliphatic rings. The minimum Gasteiger partial charge on any atom is -0.495 e. The van der Waals surface area contributed by atoms with Crippen LogP contribution in [0.1, 0.15) is 5.56 Å². The fourth-order valence-electron chi connectivity index (χ4n) is 1.11. The Labute approximate surface area is 89.6 Å². The van der Waals surface area contributed by atoms with Crippen LogP contribution < -0.4 is 10.1 Å². The summed E-state index contributed by atoms with van der Waals surface area (Å²) in [6, 6.07) is 5.72. The van der Waals surface area contributed by atoms with Crippen molar-refractivity contribution in [2.24, 2.45) is 0 Å². The Kier molecular flexibility index (Phi) is 5.88. The van der Waals surface area contributed by atoms with Gasteiger partial charge in [-0.15, -0.1) is 12.4 Å². The summed E-state index contributed by atoms with van der Waals surface area (Å²) in [5.41, 5.74) is 1.08. The molecule has 0 heterocycles. The van der Waals surface area contributed by atoms with Crippen molar-refractivity contribution >= 4 is 24.0 Å². The summed E-state index contributed by atoms with van der Waals surface area (Å²) in [5, 5.41) is 3.70. The van der Waals surface area contributed by atoms with Gasteiger partial charge in [0.05, 0.1) is 12.1 Å². The predicted molar refractivity (Wildman–Crippen MR) is 58.0 cm³/mol. The van der Waals surface area contributed by atoms with Crippen molar-refractivity contribution in [1.29, 1.82) is 0 Å². The van der Waals surface area contributed by atoms with Gasteiger partial charge in [-0.3, -0.25) is 0 Å². The standard InChI is InChI=1S/C9H12ClNO.ClH/c1-11-6-7-4-3-5-8(10)9(7)12-2;/h3-5,11H,6H2,1-2H3;1H. The maximum absolute atomic E-state index is 5.91. The maximum atomic E-state index is 5.91. The van der Waals surface area contributed by atoms with Gasteiger partial charge in [0.1, 0.15) is 5.75 Å². The van der Waals surface area contributed by atoms with E-state index >= 15 is 0 Å². The zero-order valence-electron chi connectivity index (χ0n) is 7.63. The highest BCUT2D eigenvalue weighted by Crippen LogP contribution is 2.27. The maximum Gasteiger partial charge on any atom is 0.141 e. The largest absolute Gasteiger partial charge is 0.495 e. The Morgan fingerprint density at radius 3 is 2.69 bits per heavy atom. The summed E-state index contributed by atoms with van der Waals surface area (Å²) in [6.45, 7) is 0.768. The van der Waals surface area contributed by atoms with E-state index in [0.29, 0.717) is 5.02 Å². The van der Waals surface area contributed by atoms with E-state index < -0.39 is 0 Å². The first-order valence-electron chi connectivity index (χ1n) is 3.75. The zero-order valence-corrected chi connectivity index (χ0v) is 9.21. The molecule has 0 aromatic heterocycles. The van der Waals surface area contributed by atoms with E-state index in [0.717, 1.165) is 17.9 Å². The summed E-state index contributed by atoms with van der Waals surface area (Å²) >= 11 is 5.91. The molecular formula is C9H13Cl2NO. The number of hydrogen-bond donors (Lipinski definition) is 1. The third-order valence-corrected chi connectivity index (χ3v) is 1.92. The molecule has 74 valence electrons. The van der Waals surface area contributed by atoms with Crippen LogP contribution in [0.5, 0.6) is 5.75 Å². The number of nitrogens with one attached hydrogen (secondary N) is 1. The molecule has 0 unspecified atom stereocenters. The highest BCUT2D eigenvalue weighted by molar-refractivity contribution is 6.32. The van der Waals surface area contributed by atoms with Gasteiger partial charge in [-0.1, -0.05) is 23.7 Å². The molecule has 1 rings (SSSR count). The summed E-state index contributed by atoms with van der Waals surface area (Å²) in [6.07, 6.45) is 0. The van der Waals surface area contributed by atoms with E-state index in [1.807, 2.05) is 25.2 Å². The molecule has 0 amide bonds. The van der Waals surface area contributed by atoms with Crippen LogP contribution in [0.15, 0.2) is 18.2 Å². The minimum absolute atomic E-state index is 0. The average Bonchev–Trinajstić information content (AvgIpc) is 2.05. The van der Waals surface area contributed by atoms with Crippen LogP contribution in [-0.4, -0.2) is 14.2 Å². The Morgan fingerprint density at radius 2 is 2.15 bits per heavy atom. The van der Waals surface area contributed by atoms with Crippen LogP contribution >= 0.6 is 24.0 Å². The monoisotopic (exact) mass is 221 g/mol. The molecule has 0 saturated heterocycles. The minimum atomic E-state index is 0. The van der Waals surface area contributed by atoms with E-state index in [1.165, 1.54) is 0 Å². The molecule has 0 bridgehead atoms. The van der Waals surface area contributed by atoms with E-state index in [2.05, 4.69) is 5.32 Å². The molecule has 0 spiro atoms. The lowest BCUT2D eigenvalue weighted by Crippen LogP contribution is -2.06. The number of para-hydroxylation sites is 1. The van der Waals surface area contributed by atoms with Gasteiger partial charge in [0, 0.05) is 12.1 Å². The third-order valence-electron chi connectivity index (χ3n) is 1.62. The first kappa shape index (κ1) is 12.6. The zero-order chi connectivity index (χ0) is 8.97. The lowest BCUT2D eigenvalue weighted by molar-refractivity contribution is 0.409. The van der Waals surface area contributed by atoms with Crippen molar-refractivity contribution in [3.8, 4) is 5.75 Å². The number of halogens is 2. The van der Waals surface area contributed by atoms with Gasteiger partial charge in [0.15, 0.2) is 0 Å². The number of methoxy groups -OCH3 is 1. The SMILES string of the molecule is CNCc1cccc(Cl)c1OC.Cl. The van der Waals surface area contributed by atoms with Crippen LogP contribution in [0.2, 0.25) is 5.02 Å². The Balaban J connectivity index is 0.00000144. The van der Waals surface area contributed by atoms with E-state index in [-0.39, 0.29) is 12.4 Å². The van der Waals surface area contributed by atoms with Crippen molar-refractivity contribution in [2.45, 2.75) is 6.54 Å². The molecule has 13 heavy (non-hydrogen) atoms.